The molecule has 0 aliphatic rings. The van der Waals surface area contributed by atoms with Crippen molar-refractivity contribution in [1.29, 1.82) is 0 Å². The summed E-state index contributed by atoms with van der Waals surface area (Å²) in [7, 11) is 0. The largest absolute Gasteiger partial charge is 0.490 e. The molecule has 0 saturated heterocycles. The zero-order valence-corrected chi connectivity index (χ0v) is 22.2. The number of ether oxygens (including phenoxy) is 4. The van der Waals surface area contributed by atoms with E-state index in [-0.39, 0.29) is 5.41 Å². The molecule has 0 atom stereocenters. The number of rotatable bonds is 12. The summed E-state index contributed by atoms with van der Waals surface area (Å²) < 4.78 is 23.3. The van der Waals surface area contributed by atoms with Gasteiger partial charge in [-0.1, -0.05) is 62.4 Å². The second kappa shape index (κ2) is 12.4. The maximum absolute atomic E-state index is 5.88. The standard InChI is InChI=1S/C33H36O4/c1-25-7-5-9-31(23-25)36-21-19-34-29-15-11-27(12-16-29)33(3,4)28-13-17-30(18-14-28)35-20-22-37-32-10-6-8-26(2)24-32/h5-18,23-24H,19-22H2,1-4H3. The Morgan fingerprint density at radius 3 is 1.16 bits per heavy atom. The lowest BCUT2D eigenvalue weighted by molar-refractivity contribution is 0.217. The Bertz CT molecular complexity index is 1160. The zero-order chi connectivity index (χ0) is 26.1. The van der Waals surface area contributed by atoms with E-state index < -0.39 is 0 Å². The van der Waals surface area contributed by atoms with Crippen LogP contribution in [-0.4, -0.2) is 26.4 Å². The van der Waals surface area contributed by atoms with Crippen molar-refractivity contribution in [2.24, 2.45) is 0 Å². The van der Waals surface area contributed by atoms with Crippen molar-refractivity contribution in [3.8, 4) is 23.0 Å². The number of hydrogen-bond acceptors (Lipinski definition) is 4. The van der Waals surface area contributed by atoms with E-state index in [2.05, 4.69) is 64.1 Å². The van der Waals surface area contributed by atoms with Crippen LogP contribution >= 0.6 is 0 Å². The SMILES string of the molecule is Cc1cccc(OCCOc2ccc(C(C)(C)c3ccc(OCCOc4cccc(C)c4)cc3)cc2)c1. The third-order valence-corrected chi connectivity index (χ3v) is 6.37. The molecule has 4 nitrogen and oxygen atoms in total. The van der Waals surface area contributed by atoms with Crippen LogP contribution in [0.4, 0.5) is 0 Å². The van der Waals surface area contributed by atoms with Crippen molar-refractivity contribution < 1.29 is 18.9 Å². The number of aryl methyl sites for hydroxylation is 2. The van der Waals surface area contributed by atoms with Crippen LogP contribution in [0.15, 0.2) is 97.1 Å². The zero-order valence-electron chi connectivity index (χ0n) is 22.2. The first-order valence-corrected chi connectivity index (χ1v) is 12.8. The Morgan fingerprint density at radius 1 is 0.459 bits per heavy atom. The summed E-state index contributed by atoms with van der Waals surface area (Å²) in [5.41, 5.74) is 4.65. The van der Waals surface area contributed by atoms with E-state index in [1.807, 2.05) is 60.7 Å². The summed E-state index contributed by atoms with van der Waals surface area (Å²) in [6.45, 7) is 10.6. The molecule has 0 amide bonds. The molecule has 4 aromatic rings. The monoisotopic (exact) mass is 496 g/mol. The molecular formula is C33H36O4. The molecule has 4 heteroatoms. The van der Waals surface area contributed by atoms with E-state index in [1.54, 1.807) is 0 Å². The van der Waals surface area contributed by atoms with E-state index in [9.17, 15) is 0 Å². The molecule has 0 heterocycles. The van der Waals surface area contributed by atoms with Crippen LogP contribution in [0.25, 0.3) is 0 Å². The number of benzene rings is 4. The fraction of sp³-hybridized carbons (Fsp3) is 0.273. The molecule has 4 rings (SSSR count). The van der Waals surface area contributed by atoms with Crippen molar-refractivity contribution in [2.75, 3.05) is 26.4 Å². The molecule has 0 aliphatic heterocycles. The van der Waals surface area contributed by atoms with Crippen LogP contribution < -0.4 is 18.9 Å². The minimum atomic E-state index is -0.153. The lowest BCUT2D eigenvalue weighted by Crippen LogP contribution is -2.19. The first-order chi connectivity index (χ1) is 17.9. The van der Waals surface area contributed by atoms with Crippen LogP contribution in [0.2, 0.25) is 0 Å². The maximum atomic E-state index is 5.88. The fourth-order valence-corrected chi connectivity index (χ4v) is 4.15. The quantitative estimate of drug-likeness (QED) is 0.190. The molecule has 0 aromatic heterocycles. The highest BCUT2D eigenvalue weighted by molar-refractivity contribution is 5.42. The second-order valence-electron chi connectivity index (χ2n) is 9.70. The Balaban J connectivity index is 1.24. The van der Waals surface area contributed by atoms with Gasteiger partial charge in [0.05, 0.1) is 0 Å². The van der Waals surface area contributed by atoms with E-state index in [0.29, 0.717) is 26.4 Å². The van der Waals surface area contributed by atoms with Gasteiger partial charge in [0, 0.05) is 5.41 Å². The molecule has 0 fully saturated rings. The highest BCUT2D eigenvalue weighted by Gasteiger charge is 2.23. The average Bonchev–Trinajstić information content (AvgIpc) is 2.90. The van der Waals surface area contributed by atoms with Crippen molar-refractivity contribution in [3.63, 3.8) is 0 Å². The summed E-state index contributed by atoms with van der Waals surface area (Å²) in [5, 5.41) is 0. The Hall–Kier alpha value is -3.92. The molecule has 0 N–H and O–H groups in total. The van der Waals surface area contributed by atoms with Crippen molar-refractivity contribution in [1.82, 2.24) is 0 Å². The van der Waals surface area contributed by atoms with Gasteiger partial charge in [-0.05, 0) is 84.6 Å². The van der Waals surface area contributed by atoms with Gasteiger partial charge < -0.3 is 18.9 Å². The summed E-state index contributed by atoms with van der Waals surface area (Å²) in [6.07, 6.45) is 0. The highest BCUT2D eigenvalue weighted by Crippen LogP contribution is 2.33. The van der Waals surface area contributed by atoms with Crippen molar-refractivity contribution >= 4 is 0 Å². The van der Waals surface area contributed by atoms with Gasteiger partial charge in [0.15, 0.2) is 0 Å². The first kappa shape index (κ1) is 26.2. The molecule has 0 bridgehead atoms. The Labute approximate surface area is 220 Å². The van der Waals surface area contributed by atoms with Crippen molar-refractivity contribution in [2.45, 2.75) is 33.1 Å². The van der Waals surface area contributed by atoms with Crippen LogP contribution in [0, 0.1) is 13.8 Å². The van der Waals surface area contributed by atoms with Gasteiger partial charge in [0.2, 0.25) is 0 Å². The molecule has 192 valence electrons. The van der Waals surface area contributed by atoms with Crippen LogP contribution in [0.3, 0.4) is 0 Å². The predicted molar refractivity (Wildman–Crippen MR) is 149 cm³/mol. The fourth-order valence-electron chi connectivity index (χ4n) is 4.15. The summed E-state index contributed by atoms with van der Waals surface area (Å²) >= 11 is 0. The summed E-state index contributed by atoms with van der Waals surface area (Å²) in [5.74, 6) is 3.41. The predicted octanol–water partition coefficient (Wildman–Crippen LogP) is 7.54. The van der Waals surface area contributed by atoms with Gasteiger partial charge in [-0.2, -0.15) is 0 Å². The smallest absolute Gasteiger partial charge is 0.122 e. The minimum absolute atomic E-state index is 0.153. The van der Waals surface area contributed by atoms with E-state index in [4.69, 9.17) is 18.9 Å². The topological polar surface area (TPSA) is 36.9 Å². The molecule has 0 saturated carbocycles. The molecular weight excluding hydrogens is 460 g/mol. The van der Waals surface area contributed by atoms with Gasteiger partial charge in [-0.3, -0.25) is 0 Å². The highest BCUT2D eigenvalue weighted by atomic mass is 16.5. The first-order valence-electron chi connectivity index (χ1n) is 12.8. The molecule has 4 aromatic carbocycles. The van der Waals surface area contributed by atoms with Gasteiger partial charge in [0.25, 0.3) is 0 Å². The molecule has 0 spiro atoms. The normalized spacial score (nSPS) is 11.1. The van der Waals surface area contributed by atoms with Crippen molar-refractivity contribution in [3.05, 3.63) is 119 Å². The minimum Gasteiger partial charge on any atom is -0.490 e. The average molecular weight is 497 g/mol. The maximum Gasteiger partial charge on any atom is 0.122 e. The van der Waals surface area contributed by atoms with Gasteiger partial charge in [0.1, 0.15) is 49.4 Å². The molecule has 0 aliphatic carbocycles. The molecule has 37 heavy (non-hydrogen) atoms. The molecule has 0 radical (unpaired) electrons. The van der Waals surface area contributed by atoms with Crippen LogP contribution in [-0.2, 0) is 5.41 Å². The third-order valence-electron chi connectivity index (χ3n) is 6.37. The molecule has 0 unspecified atom stereocenters. The van der Waals surface area contributed by atoms with E-state index >= 15 is 0 Å². The lowest BCUT2D eigenvalue weighted by atomic mass is 9.78. The lowest BCUT2D eigenvalue weighted by Gasteiger charge is -2.26. The van der Waals surface area contributed by atoms with Gasteiger partial charge in [-0.25, -0.2) is 0 Å². The van der Waals surface area contributed by atoms with E-state index in [0.717, 1.165) is 23.0 Å². The summed E-state index contributed by atoms with van der Waals surface area (Å²) in [4.78, 5) is 0. The van der Waals surface area contributed by atoms with Gasteiger partial charge in [-0.15, -0.1) is 0 Å². The van der Waals surface area contributed by atoms with Crippen LogP contribution in [0.5, 0.6) is 23.0 Å². The Morgan fingerprint density at radius 2 is 0.811 bits per heavy atom. The third kappa shape index (κ3) is 7.53. The number of hydrogen-bond donors (Lipinski definition) is 0. The Kier molecular flexibility index (Phi) is 8.73. The van der Waals surface area contributed by atoms with Gasteiger partial charge >= 0.3 is 0 Å². The summed E-state index contributed by atoms with van der Waals surface area (Å²) in [6, 6.07) is 32.7. The van der Waals surface area contributed by atoms with E-state index in [1.165, 1.54) is 22.3 Å². The second-order valence-corrected chi connectivity index (χ2v) is 9.70. The van der Waals surface area contributed by atoms with Crippen LogP contribution in [0.1, 0.15) is 36.1 Å².